The number of hydrogen-bond acceptors (Lipinski definition) is 4. The number of halogens is 1. The summed E-state index contributed by atoms with van der Waals surface area (Å²) in [6.07, 6.45) is 0. The summed E-state index contributed by atoms with van der Waals surface area (Å²) in [6.45, 7) is 0.103. The van der Waals surface area contributed by atoms with Crippen LogP contribution < -0.4 is 15.3 Å². The van der Waals surface area contributed by atoms with E-state index in [9.17, 15) is 14.0 Å². The van der Waals surface area contributed by atoms with Crippen molar-refractivity contribution in [2.24, 2.45) is 0 Å². The van der Waals surface area contributed by atoms with Crippen LogP contribution >= 0.6 is 11.5 Å². The highest BCUT2D eigenvalue weighted by atomic mass is 32.1. The van der Waals surface area contributed by atoms with E-state index in [1.54, 1.807) is 36.4 Å². The SMILES string of the molecule is COc1cccc(-n2sc(=O)n(Cc3ccc(F)cc3)c2=O)c1. The molecule has 0 aliphatic rings. The van der Waals surface area contributed by atoms with Gasteiger partial charge in [-0.1, -0.05) is 18.2 Å². The Labute approximate surface area is 135 Å². The molecule has 2 aromatic carbocycles. The minimum absolute atomic E-state index is 0.103. The zero-order valence-electron chi connectivity index (χ0n) is 12.2. The van der Waals surface area contributed by atoms with Gasteiger partial charge in [-0.25, -0.2) is 17.7 Å². The Morgan fingerprint density at radius 1 is 1.13 bits per heavy atom. The first kappa shape index (κ1) is 15.2. The van der Waals surface area contributed by atoms with Gasteiger partial charge in [0.25, 0.3) is 0 Å². The smallest absolute Gasteiger partial charge is 0.346 e. The van der Waals surface area contributed by atoms with Crippen LogP contribution in [0.25, 0.3) is 5.69 Å². The molecule has 0 radical (unpaired) electrons. The molecule has 118 valence electrons. The lowest BCUT2D eigenvalue weighted by atomic mass is 10.2. The number of aromatic nitrogens is 2. The van der Waals surface area contributed by atoms with Crippen LogP contribution in [0.3, 0.4) is 0 Å². The molecule has 0 saturated carbocycles. The summed E-state index contributed by atoms with van der Waals surface area (Å²) >= 11 is 0.818. The lowest BCUT2D eigenvalue weighted by Crippen LogP contribution is -2.28. The van der Waals surface area contributed by atoms with E-state index in [-0.39, 0.29) is 17.2 Å². The second-order valence-electron chi connectivity index (χ2n) is 4.85. The Hall–Kier alpha value is -2.67. The molecular formula is C16H13FN2O3S. The van der Waals surface area contributed by atoms with Crippen molar-refractivity contribution in [3.05, 3.63) is 80.1 Å². The second-order valence-corrected chi connectivity index (χ2v) is 5.75. The van der Waals surface area contributed by atoms with Gasteiger partial charge in [0.1, 0.15) is 11.6 Å². The maximum absolute atomic E-state index is 12.9. The number of ether oxygens (including phenoxy) is 1. The molecule has 5 nitrogen and oxygen atoms in total. The van der Waals surface area contributed by atoms with Crippen LogP contribution in [-0.4, -0.2) is 15.6 Å². The van der Waals surface area contributed by atoms with Gasteiger partial charge in [0, 0.05) is 17.6 Å². The van der Waals surface area contributed by atoms with Gasteiger partial charge < -0.3 is 4.74 Å². The van der Waals surface area contributed by atoms with E-state index in [1.165, 1.54) is 23.2 Å². The molecular weight excluding hydrogens is 319 g/mol. The maximum Gasteiger partial charge on any atom is 0.346 e. The average molecular weight is 332 g/mol. The highest BCUT2D eigenvalue weighted by molar-refractivity contribution is 7.03. The second kappa shape index (κ2) is 6.21. The lowest BCUT2D eigenvalue weighted by Gasteiger charge is -2.03. The van der Waals surface area contributed by atoms with Gasteiger partial charge in [0.15, 0.2) is 0 Å². The van der Waals surface area contributed by atoms with Crippen LogP contribution in [0.2, 0.25) is 0 Å². The Morgan fingerprint density at radius 3 is 2.57 bits per heavy atom. The van der Waals surface area contributed by atoms with E-state index < -0.39 is 5.69 Å². The first-order valence-electron chi connectivity index (χ1n) is 6.80. The summed E-state index contributed by atoms with van der Waals surface area (Å²) in [5.74, 6) is 0.237. The minimum atomic E-state index is -0.433. The zero-order chi connectivity index (χ0) is 16.4. The summed E-state index contributed by atoms with van der Waals surface area (Å²) in [6, 6.07) is 12.6. The van der Waals surface area contributed by atoms with Gasteiger partial charge in [0.2, 0.25) is 0 Å². The van der Waals surface area contributed by atoms with Gasteiger partial charge in [-0.05, 0) is 29.8 Å². The van der Waals surface area contributed by atoms with Gasteiger partial charge in [0.05, 0.1) is 19.3 Å². The van der Waals surface area contributed by atoms with E-state index in [1.807, 2.05) is 0 Å². The third-order valence-corrected chi connectivity index (χ3v) is 4.26. The molecule has 7 heteroatoms. The highest BCUT2D eigenvalue weighted by Gasteiger charge is 2.12. The van der Waals surface area contributed by atoms with Crippen molar-refractivity contribution in [3.8, 4) is 11.4 Å². The summed E-state index contributed by atoms with van der Waals surface area (Å²) in [4.78, 5) is 24.2. The van der Waals surface area contributed by atoms with Crippen LogP contribution in [0.5, 0.6) is 5.75 Å². The van der Waals surface area contributed by atoms with Crippen molar-refractivity contribution in [1.29, 1.82) is 0 Å². The average Bonchev–Trinajstić information content (AvgIpc) is 2.85. The first-order valence-corrected chi connectivity index (χ1v) is 7.58. The highest BCUT2D eigenvalue weighted by Crippen LogP contribution is 2.15. The van der Waals surface area contributed by atoms with E-state index >= 15 is 0 Å². The van der Waals surface area contributed by atoms with Crippen LogP contribution in [0.4, 0.5) is 4.39 Å². The van der Waals surface area contributed by atoms with E-state index in [0.717, 1.165) is 16.1 Å². The molecule has 0 aliphatic carbocycles. The van der Waals surface area contributed by atoms with Gasteiger partial charge >= 0.3 is 10.6 Å². The quantitative estimate of drug-likeness (QED) is 0.736. The molecule has 0 aliphatic heterocycles. The Kier molecular flexibility index (Phi) is 4.12. The monoisotopic (exact) mass is 332 g/mol. The summed E-state index contributed by atoms with van der Waals surface area (Å²) in [5.41, 5.74) is 0.813. The third kappa shape index (κ3) is 3.09. The number of rotatable bonds is 4. The van der Waals surface area contributed by atoms with E-state index in [4.69, 9.17) is 4.74 Å². The summed E-state index contributed by atoms with van der Waals surface area (Å²) < 4.78 is 20.5. The maximum atomic E-state index is 12.9. The molecule has 0 spiro atoms. The molecule has 1 heterocycles. The fourth-order valence-electron chi connectivity index (χ4n) is 2.16. The van der Waals surface area contributed by atoms with Crippen molar-refractivity contribution in [3.63, 3.8) is 0 Å². The number of nitrogens with zero attached hydrogens (tertiary/aromatic N) is 2. The lowest BCUT2D eigenvalue weighted by molar-refractivity contribution is 0.414. The fourth-order valence-corrected chi connectivity index (χ4v) is 2.95. The van der Waals surface area contributed by atoms with Crippen LogP contribution in [0, 0.1) is 5.82 Å². The molecule has 0 N–H and O–H groups in total. The molecule has 0 fully saturated rings. The first-order chi connectivity index (χ1) is 11.1. The summed E-state index contributed by atoms with van der Waals surface area (Å²) in [7, 11) is 1.53. The summed E-state index contributed by atoms with van der Waals surface area (Å²) in [5, 5.41) is 0. The minimum Gasteiger partial charge on any atom is -0.497 e. The molecule has 3 aromatic rings. The molecule has 23 heavy (non-hydrogen) atoms. The van der Waals surface area contributed by atoms with Gasteiger partial charge in [-0.3, -0.25) is 4.79 Å². The van der Waals surface area contributed by atoms with E-state index in [0.29, 0.717) is 17.0 Å². The van der Waals surface area contributed by atoms with Gasteiger partial charge in [-0.15, -0.1) is 0 Å². The molecule has 0 unspecified atom stereocenters. The predicted octanol–water partition coefficient (Wildman–Crippen LogP) is 2.26. The third-order valence-electron chi connectivity index (χ3n) is 3.34. The Morgan fingerprint density at radius 2 is 1.87 bits per heavy atom. The standard InChI is InChI=1S/C16H13FN2O3S/c1-22-14-4-2-3-13(9-14)19-15(20)18(16(21)23-19)10-11-5-7-12(17)8-6-11/h2-9H,10H2,1H3. The Balaban J connectivity index is 2.01. The van der Waals surface area contributed by atoms with Gasteiger partial charge in [-0.2, -0.15) is 0 Å². The number of benzene rings is 2. The molecule has 0 saturated heterocycles. The van der Waals surface area contributed by atoms with Crippen molar-refractivity contribution >= 4 is 11.5 Å². The zero-order valence-corrected chi connectivity index (χ0v) is 13.0. The van der Waals surface area contributed by atoms with Crippen molar-refractivity contribution in [1.82, 2.24) is 8.52 Å². The van der Waals surface area contributed by atoms with Crippen molar-refractivity contribution in [2.45, 2.75) is 6.54 Å². The van der Waals surface area contributed by atoms with Crippen LogP contribution in [0.1, 0.15) is 5.56 Å². The van der Waals surface area contributed by atoms with Crippen molar-refractivity contribution in [2.75, 3.05) is 7.11 Å². The molecule has 0 atom stereocenters. The largest absolute Gasteiger partial charge is 0.497 e. The fraction of sp³-hybridized carbons (Fsp3) is 0.125. The Bertz CT molecular complexity index is 941. The molecule has 3 rings (SSSR count). The van der Waals surface area contributed by atoms with E-state index in [2.05, 4.69) is 0 Å². The molecule has 0 amide bonds. The number of methoxy groups -OCH3 is 1. The predicted molar refractivity (Wildman–Crippen MR) is 86.2 cm³/mol. The number of hydrogen-bond donors (Lipinski definition) is 0. The molecule has 1 aromatic heterocycles. The van der Waals surface area contributed by atoms with Crippen molar-refractivity contribution < 1.29 is 9.13 Å². The van der Waals surface area contributed by atoms with Crippen LogP contribution in [0.15, 0.2) is 58.1 Å². The topological polar surface area (TPSA) is 53.2 Å². The molecule has 0 bridgehead atoms. The normalized spacial score (nSPS) is 10.7. The van der Waals surface area contributed by atoms with Crippen LogP contribution in [-0.2, 0) is 6.54 Å².